The number of phenolic OH excluding ortho intramolecular Hbond substituents is 1. The van der Waals surface area contributed by atoms with E-state index in [0.717, 1.165) is 16.9 Å². The molecule has 34 heavy (non-hydrogen) atoms. The molecule has 0 saturated carbocycles. The molecule has 1 saturated heterocycles. The number of hydrogen-bond donors (Lipinski definition) is 2. The smallest absolute Gasteiger partial charge is 0.295 e. The van der Waals surface area contributed by atoms with Crippen molar-refractivity contribution in [2.75, 3.05) is 6.54 Å². The van der Waals surface area contributed by atoms with Crippen molar-refractivity contribution in [2.24, 2.45) is 0 Å². The van der Waals surface area contributed by atoms with Crippen molar-refractivity contribution in [2.45, 2.75) is 31.9 Å². The predicted octanol–water partition coefficient (Wildman–Crippen LogP) is 4.38. The lowest BCUT2D eigenvalue weighted by Crippen LogP contribution is -2.31. The highest BCUT2D eigenvalue weighted by molar-refractivity contribution is 6.46. The minimum Gasteiger partial charge on any atom is -0.508 e. The van der Waals surface area contributed by atoms with Gasteiger partial charge < -0.3 is 19.8 Å². The SMILES string of the molecule is C[C@@H]1Cc2cc(/C(O)=C3\C(=O)C(=O)N(CCc4ccccc4)[C@H]3c3ccc(O)cc3)ccc2O1. The zero-order chi connectivity index (χ0) is 23.8. The molecule has 3 aromatic carbocycles. The number of hydrogen-bond acceptors (Lipinski definition) is 5. The third kappa shape index (κ3) is 3.92. The van der Waals surface area contributed by atoms with Gasteiger partial charge in [-0.1, -0.05) is 42.5 Å². The standard InChI is InChI=1S/C28H25NO5/c1-17-15-21-16-20(9-12-23(21)34-17)26(31)24-25(19-7-10-22(30)11-8-19)29(28(33)27(24)32)14-13-18-5-3-2-4-6-18/h2-12,16-17,25,30-31H,13-15H2,1H3/b26-24+/t17-,25+/m1/s1. The molecule has 3 aromatic rings. The van der Waals surface area contributed by atoms with Crippen molar-refractivity contribution in [1.82, 2.24) is 4.90 Å². The number of fused-ring (bicyclic) bond motifs is 1. The van der Waals surface area contributed by atoms with Crippen LogP contribution in [0.15, 0.2) is 78.4 Å². The van der Waals surface area contributed by atoms with E-state index in [9.17, 15) is 19.8 Å². The molecule has 0 spiro atoms. The van der Waals surface area contributed by atoms with Gasteiger partial charge in [0.2, 0.25) is 0 Å². The largest absolute Gasteiger partial charge is 0.508 e. The molecule has 1 fully saturated rings. The minimum atomic E-state index is -0.757. The van der Waals surface area contributed by atoms with Crippen molar-refractivity contribution in [3.63, 3.8) is 0 Å². The van der Waals surface area contributed by atoms with Gasteiger partial charge in [0.15, 0.2) is 0 Å². The summed E-state index contributed by atoms with van der Waals surface area (Å²) in [7, 11) is 0. The van der Waals surface area contributed by atoms with E-state index < -0.39 is 17.7 Å². The van der Waals surface area contributed by atoms with Crippen LogP contribution in [-0.2, 0) is 22.4 Å². The number of rotatable bonds is 5. The first-order valence-electron chi connectivity index (χ1n) is 11.3. The molecular weight excluding hydrogens is 430 g/mol. The molecule has 0 radical (unpaired) electrons. The highest BCUT2D eigenvalue weighted by Gasteiger charge is 2.45. The lowest BCUT2D eigenvalue weighted by atomic mass is 9.94. The number of ether oxygens (including phenoxy) is 1. The molecule has 172 valence electrons. The normalized spacial score (nSPS) is 20.9. The molecule has 2 atom stereocenters. The molecule has 2 aliphatic rings. The van der Waals surface area contributed by atoms with E-state index in [1.807, 2.05) is 43.3 Å². The number of aromatic hydroxyl groups is 1. The Morgan fingerprint density at radius 1 is 1.03 bits per heavy atom. The maximum atomic E-state index is 13.2. The van der Waals surface area contributed by atoms with Crippen LogP contribution in [0.2, 0.25) is 0 Å². The molecule has 6 nitrogen and oxygen atoms in total. The van der Waals surface area contributed by atoms with Crippen molar-refractivity contribution in [1.29, 1.82) is 0 Å². The molecule has 6 heteroatoms. The van der Waals surface area contributed by atoms with Gasteiger partial charge >= 0.3 is 0 Å². The Morgan fingerprint density at radius 3 is 2.50 bits per heavy atom. The highest BCUT2D eigenvalue weighted by atomic mass is 16.5. The van der Waals surface area contributed by atoms with Gasteiger partial charge in [0.25, 0.3) is 11.7 Å². The summed E-state index contributed by atoms with van der Waals surface area (Å²) in [6, 6.07) is 20.7. The Labute approximate surface area is 197 Å². The molecule has 2 heterocycles. The van der Waals surface area contributed by atoms with Crippen LogP contribution < -0.4 is 4.74 Å². The van der Waals surface area contributed by atoms with E-state index in [0.29, 0.717) is 30.5 Å². The number of ketones is 1. The number of phenols is 1. The maximum Gasteiger partial charge on any atom is 0.295 e. The zero-order valence-corrected chi connectivity index (χ0v) is 18.8. The average molecular weight is 456 g/mol. The van der Waals surface area contributed by atoms with E-state index >= 15 is 0 Å². The van der Waals surface area contributed by atoms with E-state index in [2.05, 4.69) is 0 Å². The lowest BCUT2D eigenvalue weighted by molar-refractivity contribution is -0.139. The fourth-order valence-corrected chi connectivity index (χ4v) is 4.73. The van der Waals surface area contributed by atoms with Crippen LogP contribution >= 0.6 is 0 Å². The van der Waals surface area contributed by atoms with Gasteiger partial charge in [0.05, 0.1) is 11.6 Å². The fraction of sp³-hybridized carbons (Fsp3) is 0.214. The third-order valence-corrected chi connectivity index (χ3v) is 6.40. The zero-order valence-electron chi connectivity index (χ0n) is 18.8. The molecule has 2 aliphatic heterocycles. The van der Waals surface area contributed by atoms with Crippen LogP contribution in [-0.4, -0.2) is 39.5 Å². The van der Waals surface area contributed by atoms with E-state index in [-0.39, 0.29) is 23.2 Å². The number of aliphatic hydroxyl groups is 1. The number of Topliss-reactive ketones (excluding diaryl/α,β-unsaturated/α-hetero) is 1. The summed E-state index contributed by atoms with van der Waals surface area (Å²) in [5.41, 5.74) is 3.17. The number of nitrogens with zero attached hydrogens (tertiary/aromatic N) is 1. The topological polar surface area (TPSA) is 87.1 Å². The van der Waals surface area contributed by atoms with Gasteiger partial charge in [0.1, 0.15) is 23.4 Å². The van der Waals surface area contributed by atoms with E-state index in [1.165, 1.54) is 17.0 Å². The van der Waals surface area contributed by atoms with E-state index in [1.54, 1.807) is 24.3 Å². The van der Waals surface area contributed by atoms with Crippen molar-refractivity contribution < 1.29 is 24.5 Å². The van der Waals surface area contributed by atoms with Crippen LogP contribution in [0.25, 0.3) is 5.76 Å². The highest BCUT2D eigenvalue weighted by Crippen LogP contribution is 2.41. The Morgan fingerprint density at radius 2 is 1.76 bits per heavy atom. The Balaban J connectivity index is 1.57. The number of aliphatic hydroxyl groups excluding tert-OH is 1. The summed E-state index contributed by atoms with van der Waals surface area (Å²) in [4.78, 5) is 27.8. The molecule has 0 aliphatic carbocycles. The summed E-state index contributed by atoms with van der Waals surface area (Å²) in [6.07, 6.45) is 1.33. The van der Waals surface area contributed by atoms with Gasteiger partial charge in [-0.3, -0.25) is 9.59 Å². The summed E-state index contributed by atoms with van der Waals surface area (Å²) < 4.78 is 5.75. The van der Waals surface area contributed by atoms with Crippen LogP contribution in [0.1, 0.15) is 35.2 Å². The van der Waals surface area contributed by atoms with Crippen LogP contribution in [0.5, 0.6) is 11.5 Å². The second-order valence-corrected chi connectivity index (χ2v) is 8.77. The summed E-state index contributed by atoms with van der Waals surface area (Å²) >= 11 is 0. The second kappa shape index (κ2) is 8.71. The average Bonchev–Trinajstić information content (AvgIpc) is 3.34. The van der Waals surface area contributed by atoms with Crippen LogP contribution in [0, 0.1) is 0 Å². The third-order valence-electron chi connectivity index (χ3n) is 6.40. The molecule has 2 N–H and O–H groups in total. The molecular formula is C28H25NO5. The van der Waals surface area contributed by atoms with E-state index in [4.69, 9.17) is 4.74 Å². The predicted molar refractivity (Wildman–Crippen MR) is 127 cm³/mol. The van der Waals surface area contributed by atoms with Gasteiger partial charge in [-0.2, -0.15) is 0 Å². The van der Waals surface area contributed by atoms with Crippen LogP contribution in [0.3, 0.4) is 0 Å². The first-order chi connectivity index (χ1) is 16.4. The lowest BCUT2D eigenvalue weighted by Gasteiger charge is -2.25. The van der Waals surface area contributed by atoms with Crippen molar-refractivity contribution in [3.8, 4) is 11.5 Å². The van der Waals surface area contributed by atoms with Crippen molar-refractivity contribution >= 4 is 17.4 Å². The van der Waals surface area contributed by atoms with Gasteiger partial charge in [-0.15, -0.1) is 0 Å². The first-order valence-corrected chi connectivity index (χ1v) is 11.3. The second-order valence-electron chi connectivity index (χ2n) is 8.77. The summed E-state index contributed by atoms with van der Waals surface area (Å²) in [6.45, 7) is 2.29. The molecule has 1 amide bonds. The molecule has 5 rings (SSSR count). The number of benzene rings is 3. The Kier molecular flexibility index (Phi) is 5.57. The van der Waals surface area contributed by atoms with Gasteiger partial charge in [-0.25, -0.2) is 0 Å². The minimum absolute atomic E-state index is 0.0490. The Bertz CT molecular complexity index is 1280. The van der Waals surface area contributed by atoms with Crippen molar-refractivity contribution in [3.05, 3.63) is 101 Å². The maximum absolute atomic E-state index is 13.2. The molecule has 0 aromatic heterocycles. The fourth-order valence-electron chi connectivity index (χ4n) is 4.73. The van der Waals surface area contributed by atoms with Gasteiger partial charge in [0, 0.05) is 18.5 Å². The number of carbonyl (C=O) groups excluding carboxylic acids is 2. The number of carbonyl (C=O) groups is 2. The van der Waals surface area contributed by atoms with Crippen LogP contribution in [0.4, 0.5) is 0 Å². The molecule has 0 unspecified atom stereocenters. The first kappa shape index (κ1) is 21.8. The Hall–Kier alpha value is -4.06. The molecule has 0 bridgehead atoms. The summed E-state index contributed by atoms with van der Waals surface area (Å²) in [5.74, 6) is -0.719. The quantitative estimate of drug-likeness (QED) is 0.339. The van der Waals surface area contributed by atoms with Gasteiger partial charge in [-0.05, 0) is 60.4 Å². The monoisotopic (exact) mass is 455 g/mol. The number of likely N-dealkylation sites (tertiary alicyclic amines) is 1. The number of amides is 1. The summed E-state index contributed by atoms with van der Waals surface area (Å²) in [5, 5.41) is 21.0.